The summed E-state index contributed by atoms with van der Waals surface area (Å²) in [4.78, 5) is 0. The van der Waals surface area contributed by atoms with Crippen molar-refractivity contribution in [3.05, 3.63) is 12.2 Å². The lowest BCUT2D eigenvalue weighted by molar-refractivity contribution is 0.289. The van der Waals surface area contributed by atoms with E-state index < -0.39 is 0 Å². The van der Waals surface area contributed by atoms with Crippen LogP contribution in [0, 0.1) is 5.41 Å². The zero-order valence-electron chi connectivity index (χ0n) is 7.44. The summed E-state index contributed by atoms with van der Waals surface area (Å²) in [5.74, 6) is 0.306. The predicted molar refractivity (Wildman–Crippen MR) is 48.0 cm³/mol. The van der Waals surface area contributed by atoms with E-state index in [1.54, 1.807) is 6.92 Å². The first-order valence-electron chi connectivity index (χ1n) is 3.95. The molecule has 0 amide bonds. The number of unbranched alkanes of at least 4 members (excludes halogenated alkanes) is 1. The zero-order chi connectivity index (χ0) is 8.69. The molecule has 2 nitrogen and oxygen atoms in total. The van der Waals surface area contributed by atoms with Gasteiger partial charge in [-0.3, -0.25) is 5.41 Å². The maximum atomic E-state index is 6.97. The second-order valence-corrected chi connectivity index (χ2v) is 2.82. The molecule has 0 saturated heterocycles. The fraction of sp³-hybridized carbons (Fsp3) is 0.667. The van der Waals surface area contributed by atoms with Gasteiger partial charge in [0.15, 0.2) is 5.90 Å². The molecule has 2 heteroatoms. The highest BCUT2D eigenvalue weighted by molar-refractivity contribution is 5.69. The molecule has 0 rings (SSSR count). The van der Waals surface area contributed by atoms with Crippen LogP contribution < -0.4 is 0 Å². The Bertz CT molecular complexity index is 124. The van der Waals surface area contributed by atoms with Crippen molar-refractivity contribution >= 4 is 5.90 Å². The minimum Gasteiger partial charge on any atom is -0.481 e. The standard InChI is InChI=1S/C9H17NO/c1-8(2)6-4-5-7-11-9(3)10/h10H,1,4-7H2,2-3H3. The molecule has 0 bridgehead atoms. The lowest BCUT2D eigenvalue weighted by Gasteiger charge is -2.02. The Hall–Kier alpha value is -0.790. The molecule has 0 saturated carbocycles. The van der Waals surface area contributed by atoms with Gasteiger partial charge in [0.1, 0.15) is 0 Å². The molecule has 0 unspecified atom stereocenters. The van der Waals surface area contributed by atoms with E-state index in [9.17, 15) is 0 Å². The Kier molecular flexibility index (Phi) is 5.53. The van der Waals surface area contributed by atoms with Crippen LogP contribution >= 0.6 is 0 Å². The van der Waals surface area contributed by atoms with E-state index in [1.165, 1.54) is 5.57 Å². The third kappa shape index (κ3) is 9.21. The van der Waals surface area contributed by atoms with Crippen molar-refractivity contribution in [3.8, 4) is 0 Å². The number of hydrogen-bond donors (Lipinski definition) is 1. The van der Waals surface area contributed by atoms with Crippen LogP contribution in [0.15, 0.2) is 12.2 Å². The molecule has 0 heterocycles. The summed E-state index contributed by atoms with van der Waals surface area (Å²) in [6, 6.07) is 0. The fourth-order valence-corrected chi connectivity index (χ4v) is 0.754. The van der Waals surface area contributed by atoms with Gasteiger partial charge in [-0.2, -0.15) is 0 Å². The van der Waals surface area contributed by atoms with Crippen LogP contribution in [0.2, 0.25) is 0 Å². The van der Waals surface area contributed by atoms with Crippen molar-refractivity contribution in [3.63, 3.8) is 0 Å². The van der Waals surface area contributed by atoms with Crippen LogP contribution in [0.25, 0.3) is 0 Å². The third-order valence-corrected chi connectivity index (χ3v) is 1.32. The van der Waals surface area contributed by atoms with Crippen LogP contribution in [-0.2, 0) is 4.74 Å². The molecule has 0 aromatic rings. The average molecular weight is 155 g/mol. The van der Waals surface area contributed by atoms with Gasteiger partial charge in [0, 0.05) is 6.92 Å². The number of hydrogen-bond acceptors (Lipinski definition) is 2. The van der Waals surface area contributed by atoms with Gasteiger partial charge in [-0.15, -0.1) is 6.58 Å². The summed E-state index contributed by atoms with van der Waals surface area (Å²) in [5.41, 5.74) is 1.22. The van der Waals surface area contributed by atoms with E-state index in [-0.39, 0.29) is 0 Å². The van der Waals surface area contributed by atoms with Gasteiger partial charge in [-0.1, -0.05) is 5.57 Å². The highest BCUT2D eigenvalue weighted by atomic mass is 16.5. The summed E-state index contributed by atoms with van der Waals surface area (Å²) in [6.45, 7) is 8.16. The highest BCUT2D eigenvalue weighted by Gasteiger charge is 1.90. The van der Waals surface area contributed by atoms with Crippen molar-refractivity contribution < 1.29 is 4.74 Å². The smallest absolute Gasteiger partial charge is 0.177 e. The van der Waals surface area contributed by atoms with Gasteiger partial charge in [0.2, 0.25) is 0 Å². The lowest BCUT2D eigenvalue weighted by Crippen LogP contribution is -1.99. The second-order valence-electron chi connectivity index (χ2n) is 2.82. The molecule has 0 aromatic carbocycles. The molecule has 0 aliphatic carbocycles. The van der Waals surface area contributed by atoms with Crippen molar-refractivity contribution in [1.29, 1.82) is 5.41 Å². The number of nitrogens with one attached hydrogen (secondary N) is 1. The molecule has 0 aliphatic heterocycles. The third-order valence-electron chi connectivity index (χ3n) is 1.32. The molecule has 0 fully saturated rings. The Labute approximate surface area is 68.8 Å². The second kappa shape index (κ2) is 5.96. The maximum absolute atomic E-state index is 6.97. The Balaban J connectivity index is 3.03. The van der Waals surface area contributed by atoms with E-state index in [0.29, 0.717) is 12.5 Å². The molecule has 64 valence electrons. The summed E-state index contributed by atoms with van der Waals surface area (Å²) < 4.78 is 4.98. The largest absolute Gasteiger partial charge is 0.481 e. The van der Waals surface area contributed by atoms with Crippen molar-refractivity contribution in [2.45, 2.75) is 33.1 Å². The van der Waals surface area contributed by atoms with Gasteiger partial charge in [-0.25, -0.2) is 0 Å². The molecule has 1 N–H and O–H groups in total. The quantitative estimate of drug-likeness (QED) is 0.281. The molecule has 0 aromatic heterocycles. The molecule has 0 spiro atoms. The van der Waals surface area contributed by atoms with E-state index >= 15 is 0 Å². The number of ether oxygens (including phenoxy) is 1. The molecule has 0 aliphatic rings. The van der Waals surface area contributed by atoms with E-state index in [4.69, 9.17) is 10.1 Å². The minimum absolute atomic E-state index is 0.306. The summed E-state index contributed by atoms with van der Waals surface area (Å²) >= 11 is 0. The van der Waals surface area contributed by atoms with Crippen LogP contribution in [0.3, 0.4) is 0 Å². The molecule has 11 heavy (non-hydrogen) atoms. The van der Waals surface area contributed by atoms with Crippen LogP contribution in [0.5, 0.6) is 0 Å². The monoisotopic (exact) mass is 155 g/mol. The molecule has 0 radical (unpaired) electrons. The summed E-state index contributed by atoms with van der Waals surface area (Å²) in [5, 5.41) is 6.97. The zero-order valence-corrected chi connectivity index (χ0v) is 7.44. The van der Waals surface area contributed by atoms with Crippen molar-refractivity contribution in [1.82, 2.24) is 0 Å². The Morgan fingerprint density at radius 3 is 2.45 bits per heavy atom. The van der Waals surface area contributed by atoms with Crippen LogP contribution in [-0.4, -0.2) is 12.5 Å². The number of allylic oxidation sites excluding steroid dienone is 1. The summed E-state index contributed by atoms with van der Waals surface area (Å²) in [7, 11) is 0. The lowest BCUT2D eigenvalue weighted by atomic mass is 10.1. The van der Waals surface area contributed by atoms with E-state index in [2.05, 4.69) is 6.58 Å². The van der Waals surface area contributed by atoms with Crippen molar-refractivity contribution in [2.24, 2.45) is 0 Å². The van der Waals surface area contributed by atoms with Gasteiger partial charge >= 0.3 is 0 Å². The van der Waals surface area contributed by atoms with Gasteiger partial charge in [-0.05, 0) is 26.2 Å². The Morgan fingerprint density at radius 1 is 1.36 bits per heavy atom. The first-order chi connectivity index (χ1) is 5.13. The van der Waals surface area contributed by atoms with Crippen LogP contribution in [0.1, 0.15) is 33.1 Å². The molecular formula is C9H17NO. The van der Waals surface area contributed by atoms with E-state index in [0.717, 1.165) is 19.3 Å². The minimum atomic E-state index is 0.306. The highest BCUT2D eigenvalue weighted by Crippen LogP contribution is 2.03. The first kappa shape index (κ1) is 10.2. The van der Waals surface area contributed by atoms with Crippen molar-refractivity contribution in [2.75, 3.05) is 6.61 Å². The maximum Gasteiger partial charge on any atom is 0.177 e. The van der Waals surface area contributed by atoms with Gasteiger partial charge in [0.25, 0.3) is 0 Å². The molecular weight excluding hydrogens is 138 g/mol. The van der Waals surface area contributed by atoms with Gasteiger partial charge in [0.05, 0.1) is 6.61 Å². The molecule has 0 atom stereocenters. The van der Waals surface area contributed by atoms with Crippen LogP contribution in [0.4, 0.5) is 0 Å². The average Bonchev–Trinajstić information content (AvgIpc) is 1.85. The fourth-order valence-electron chi connectivity index (χ4n) is 0.754. The first-order valence-corrected chi connectivity index (χ1v) is 3.95. The Morgan fingerprint density at radius 2 is 2.00 bits per heavy atom. The summed E-state index contributed by atoms with van der Waals surface area (Å²) in [6.07, 6.45) is 3.20. The van der Waals surface area contributed by atoms with Gasteiger partial charge < -0.3 is 4.74 Å². The normalized spacial score (nSPS) is 9.27. The number of rotatable bonds is 5. The SMILES string of the molecule is C=C(C)CCCCOC(C)=N. The topological polar surface area (TPSA) is 33.1 Å². The predicted octanol–water partition coefficient (Wildman–Crippen LogP) is 2.75. The van der Waals surface area contributed by atoms with E-state index in [1.807, 2.05) is 6.92 Å².